The van der Waals surface area contributed by atoms with E-state index >= 15 is 0 Å². The maximum Gasteiger partial charge on any atom is 0.353 e. The molecule has 1 aromatic carbocycles. The first-order valence-electron chi connectivity index (χ1n) is 9.51. The minimum atomic E-state index is -0.818. The Morgan fingerprint density at radius 1 is 1.29 bits per heavy atom. The van der Waals surface area contributed by atoms with Gasteiger partial charge in [-0.05, 0) is 24.0 Å². The van der Waals surface area contributed by atoms with Gasteiger partial charge in [0.2, 0.25) is 5.71 Å². The smallest absolute Gasteiger partial charge is 0.353 e. The number of furan rings is 1. The van der Waals surface area contributed by atoms with Crippen molar-refractivity contribution < 1.29 is 19.4 Å². The van der Waals surface area contributed by atoms with Crippen LogP contribution < -0.4 is 5.69 Å². The molecule has 3 atom stereocenters. The predicted octanol–water partition coefficient (Wildman–Crippen LogP) is 2.50. The standard InChI is InChI=1S/C21H24N2O5/c1-12(2)7-13-3-5-14(6-4-13)17-8-15-10-23(21(26)22-20(15)28-17)19-9-16(25)18(11-24)27-19/h3-6,8,10,12,16,18-19,24-25H,7,9,11H2,1-2H3. The number of aromatic nitrogens is 2. The Labute approximate surface area is 162 Å². The van der Waals surface area contributed by atoms with Crippen LogP contribution in [0.5, 0.6) is 0 Å². The Kier molecular flexibility index (Phi) is 5.05. The van der Waals surface area contributed by atoms with Gasteiger partial charge in [-0.2, -0.15) is 4.98 Å². The monoisotopic (exact) mass is 384 g/mol. The van der Waals surface area contributed by atoms with Crippen molar-refractivity contribution in [3.05, 3.63) is 52.6 Å². The molecule has 1 aliphatic heterocycles. The number of fused-ring (bicyclic) bond motifs is 1. The van der Waals surface area contributed by atoms with Gasteiger partial charge in [0.25, 0.3) is 0 Å². The summed E-state index contributed by atoms with van der Waals surface area (Å²) in [5.41, 5.74) is 1.93. The zero-order valence-electron chi connectivity index (χ0n) is 15.9. The van der Waals surface area contributed by atoms with Crippen molar-refractivity contribution in [1.29, 1.82) is 0 Å². The van der Waals surface area contributed by atoms with E-state index < -0.39 is 24.1 Å². The average Bonchev–Trinajstić information content (AvgIpc) is 3.23. The second-order valence-electron chi connectivity index (χ2n) is 7.71. The molecule has 0 saturated carbocycles. The van der Waals surface area contributed by atoms with Crippen LogP contribution in [0.25, 0.3) is 22.4 Å². The van der Waals surface area contributed by atoms with Crippen LogP contribution in [0.4, 0.5) is 0 Å². The molecule has 7 nitrogen and oxygen atoms in total. The second-order valence-corrected chi connectivity index (χ2v) is 7.71. The Morgan fingerprint density at radius 3 is 2.68 bits per heavy atom. The quantitative estimate of drug-likeness (QED) is 0.701. The lowest BCUT2D eigenvalue weighted by Crippen LogP contribution is -2.27. The molecule has 7 heteroatoms. The molecule has 2 N–H and O–H groups in total. The normalized spacial score (nSPS) is 22.4. The Balaban J connectivity index is 1.64. The van der Waals surface area contributed by atoms with Crippen LogP contribution in [0, 0.1) is 5.92 Å². The van der Waals surface area contributed by atoms with Gasteiger partial charge >= 0.3 is 5.69 Å². The van der Waals surface area contributed by atoms with Crippen molar-refractivity contribution in [2.45, 2.75) is 45.1 Å². The molecule has 148 valence electrons. The maximum atomic E-state index is 12.4. The molecule has 0 bridgehead atoms. The Bertz CT molecular complexity index is 1020. The maximum absolute atomic E-state index is 12.4. The Morgan fingerprint density at radius 2 is 2.04 bits per heavy atom. The molecule has 3 heterocycles. The molecular weight excluding hydrogens is 360 g/mol. The number of nitrogens with zero attached hydrogens (tertiary/aromatic N) is 2. The molecule has 1 aliphatic rings. The highest BCUT2D eigenvalue weighted by atomic mass is 16.5. The van der Waals surface area contributed by atoms with Gasteiger partial charge < -0.3 is 19.4 Å². The third kappa shape index (κ3) is 3.61. The highest BCUT2D eigenvalue weighted by Gasteiger charge is 2.35. The first kappa shape index (κ1) is 18.9. The highest BCUT2D eigenvalue weighted by Crippen LogP contribution is 2.30. The van der Waals surface area contributed by atoms with E-state index in [0.717, 1.165) is 12.0 Å². The third-order valence-electron chi connectivity index (χ3n) is 5.01. The molecule has 2 aromatic heterocycles. The lowest BCUT2D eigenvalue weighted by molar-refractivity contribution is -0.0457. The van der Waals surface area contributed by atoms with Gasteiger partial charge in [0, 0.05) is 18.2 Å². The summed E-state index contributed by atoms with van der Waals surface area (Å²) in [6, 6.07) is 10.0. The topological polar surface area (TPSA) is 97.7 Å². The number of rotatable bonds is 5. The summed E-state index contributed by atoms with van der Waals surface area (Å²) in [5, 5.41) is 19.8. The van der Waals surface area contributed by atoms with Crippen molar-refractivity contribution in [2.24, 2.45) is 5.92 Å². The average molecular weight is 384 g/mol. The van der Waals surface area contributed by atoms with Crippen LogP contribution in [-0.4, -0.2) is 38.6 Å². The number of aliphatic hydroxyl groups excluding tert-OH is 2. The first-order valence-corrected chi connectivity index (χ1v) is 9.51. The summed E-state index contributed by atoms with van der Waals surface area (Å²) >= 11 is 0. The van der Waals surface area contributed by atoms with Crippen LogP contribution in [0.15, 0.2) is 45.7 Å². The zero-order chi connectivity index (χ0) is 19.8. The van der Waals surface area contributed by atoms with Crippen molar-refractivity contribution in [2.75, 3.05) is 6.61 Å². The Hall–Kier alpha value is -2.48. The molecule has 1 fully saturated rings. The van der Waals surface area contributed by atoms with E-state index in [4.69, 9.17) is 9.15 Å². The molecule has 0 amide bonds. The van der Waals surface area contributed by atoms with Gasteiger partial charge in [-0.25, -0.2) is 4.79 Å². The molecule has 0 spiro atoms. The molecule has 4 rings (SSSR count). The van der Waals surface area contributed by atoms with E-state index in [2.05, 4.69) is 31.0 Å². The number of hydrogen-bond donors (Lipinski definition) is 2. The van der Waals surface area contributed by atoms with E-state index in [1.54, 1.807) is 6.20 Å². The number of aliphatic hydroxyl groups is 2. The lowest BCUT2D eigenvalue weighted by atomic mass is 10.0. The van der Waals surface area contributed by atoms with Crippen LogP contribution >= 0.6 is 0 Å². The van der Waals surface area contributed by atoms with E-state index in [1.807, 2.05) is 18.2 Å². The SMILES string of the molecule is CC(C)Cc1ccc(-c2cc3cn(C4CC(O)C(CO)O4)c(=O)nc3o2)cc1. The van der Waals surface area contributed by atoms with Gasteiger partial charge in [-0.3, -0.25) is 4.57 Å². The fraction of sp³-hybridized carbons (Fsp3) is 0.429. The molecule has 3 unspecified atom stereocenters. The third-order valence-corrected chi connectivity index (χ3v) is 5.01. The zero-order valence-corrected chi connectivity index (χ0v) is 15.9. The summed E-state index contributed by atoms with van der Waals surface area (Å²) in [7, 11) is 0. The van der Waals surface area contributed by atoms with Gasteiger partial charge in [-0.15, -0.1) is 0 Å². The lowest BCUT2D eigenvalue weighted by Gasteiger charge is -2.13. The van der Waals surface area contributed by atoms with Crippen LogP contribution in [0.2, 0.25) is 0 Å². The number of hydrogen-bond acceptors (Lipinski definition) is 6. The molecule has 1 saturated heterocycles. The second kappa shape index (κ2) is 7.50. The number of benzene rings is 1. The molecular formula is C21H24N2O5. The first-order chi connectivity index (χ1) is 13.4. The summed E-state index contributed by atoms with van der Waals surface area (Å²) in [6.07, 6.45) is 0.690. The van der Waals surface area contributed by atoms with Gasteiger partial charge in [0.15, 0.2) is 0 Å². The van der Waals surface area contributed by atoms with Crippen LogP contribution in [-0.2, 0) is 11.2 Å². The summed E-state index contributed by atoms with van der Waals surface area (Å²) in [6.45, 7) is 4.07. The van der Waals surface area contributed by atoms with Crippen LogP contribution in [0.1, 0.15) is 32.1 Å². The molecule has 28 heavy (non-hydrogen) atoms. The highest BCUT2D eigenvalue weighted by molar-refractivity contribution is 5.79. The van der Waals surface area contributed by atoms with Crippen molar-refractivity contribution in [3.8, 4) is 11.3 Å². The van der Waals surface area contributed by atoms with E-state index in [9.17, 15) is 15.0 Å². The summed E-state index contributed by atoms with van der Waals surface area (Å²) in [4.78, 5) is 16.4. The van der Waals surface area contributed by atoms with Crippen LogP contribution in [0.3, 0.4) is 0 Å². The van der Waals surface area contributed by atoms with Crippen molar-refractivity contribution >= 4 is 11.1 Å². The molecule has 3 aromatic rings. The van der Waals surface area contributed by atoms with E-state index in [-0.39, 0.29) is 18.7 Å². The fourth-order valence-corrected chi connectivity index (χ4v) is 3.60. The molecule has 0 radical (unpaired) electrons. The largest absolute Gasteiger partial charge is 0.437 e. The van der Waals surface area contributed by atoms with Crippen molar-refractivity contribution in [1.82, 2.24) is 9.55 Å². The summed E-state index contributed by atoms with van der Waals surface area (Å²) < 4.78 is 12.7. The minimum absolute atomic E-state index is 0.223. The number of ether oxygens (including phenoxy) is 1. The van der Waals surface area contributed by atoms with Gasteiger partial charge in [0.1, 0.15) is 18.1 Å². The van der Waals surface area contributed by atoms with E-state index in [0.29, 0.717) is 17.1 Å². The van der Waals surface area contributed by atoms with E-state index in [1.165, 1.54) is 10.1 Å². The minimum Gasteiger partial charge on any atom is -0.437 e. The summed E-state index contributed by atoms with van der Waals surface area (Å²) in [5.74, 6) is 1.23. The molecule has 0 aliphatic carbocycles. The van der Waals surface area contributed by atoms with Gasteiger partial charge in [0.05, 0.1) is 18.1 Å². The van der Waals surface area contributed by atoms with Gasteiger partial charge in [-0.1, -0.05) is 38.1 Å². The predicted molar refractivity (Wildman–Crippen MR) is 104 cm³/mol. The van der Waals surface area contributed by atoms with Crippen molar-refractivity contribution in [3.63, 3.8) is 0 Å². The fourth-order valence-electron chi connectivity index (χ4n) is 3.60.